The lowest BCUT2D eigenvalue weighted by atomic mass is 9.95. The average Bonchev–Trinajstić information content (AvgIpc) is 3.27. The van der Waals surface area contributed by atoms with Crippen molar-refractivity contribution >= 4 is 40.4 Å². The number of benzene rings is 2. The summed E-state index contributed by atoms with van der Waals surface area (Å²) in [5.41, 5.74) is 3.56. The number of hydrogen-bond acceptors (Lipinski definition) is 4. The Morgan fingerprint density at radius 3 is 2.53 bits per heavy atom. The highest BCUT2D eigenvalue weighted by Crippen LogP contribution is 2.27. The van der Waals surface area contributed by atoms with E-state index in [1.165, 1.54) is 10.4 Å². The van der Waals surface area contributed by atoms with E-state index in [0.717, 1.165) is 12.0 Å². The Kier molecular flexibility index (Phi) is 6.57. The summed E-state index contributed by atoms with van der Waals surface area (Å²) in [5.74, 6) is -0.461. The van der Waals surface area contributed by atoms with Crippen LogP contribution in [0.3, 0.4) is 0 Å². The number of rotatable bonds is 4. The van der Waals surface area contributed by atoms with E-state index < -0.39 is 5.41 Å². The molecule has 2 aromatic carbocycles. The van der Waals surface area contributed by atoms with Gasteiger partial charge in [-0.3, -0.25) is 14.4 Å². The molecule has 0 saturated heterocycles. The zero-order chi connectivity index (χ0) is 24.5. The van der Waals surface area contributed by atoms with Crippen molar-refractivity contribution in [3.63, 3.8) is 0 Å². The maximum absolute atomic E-state index is 13.3. The lowest BCUT2D eigenvalue weighted by Crippen LogP contribution is -2.35. The third-order valence-electron chi connectivity index (χ3n) is 5.97. The van der Waals surface area contributed by atoms with Crippen molar-refractivity contribution in [3.8, 4) is 0 Å². The van der Waals surface area contributed by atoms with E-state index >= 15 is 0 Å². The summed E-state index contributed by atoms with van der Waals surface area (Å²) < 4.78 is 0. The molecule has 3 amide bonds. The van der Waals surface area contributed by atoms with Gasteiger partial charge < -0.3 is 15.5 Å². The predicted molar refractivity (Wildman–Crippen MR) is 136 cm³/mol. The van der Waals surface area contributed by atoms with Crippen molar-refractivity contribution in [2.45, 2.75) is 40.7 Å². The third kappa shape index (κ3) is 5.04. The van der Waals surface area contributed by atoms with E-state index in [1.807, 2.05) is 32.6 Å². The standard InChI is InChI=1S/C27H29N3O3S/c1-17-21(25(32)30-13-11-23-19(16-30)12-14-34-23)9-6-10-22(17)29-24(31)18-7-5-8-20(15-18)28-26(33)27(2,3)4/h5-10,12,14-15H,11,13,16H2,1-4H3,(H,28,33)(H,29,31). The highest BCUT2D eigenvalue weighted by molar-refractivity contribution is 7.10. The van der Waals surface area contributed by atoms with Crippen molar-refractivity contribution in [1.29, 1.82) is 0 Å². The maximum atomic E-state index is 13.3. The molecule has 3 aromatic rings. The number of carbonyl (C=O) groups excluding carboxylic acids is 3. The first-order chi connectivity index (χ1) is 16.1. The zero-order valence-electron chi connectivity index (χ0n) is 19.9. The molecule has 1 aromatic heterocycles. The molecule has 6 nitrogen and oxygen atoms in total. The van der Waals surface area contributed by atoms with Crippen molar-refractivity contribution < 1.29 is 14.4 Å². The van der Waals surface area contributed by atoms with Gasteiger partial charge in [0.25, 0.3) is 11.8 Å². The smallest absolute Gasteiger partial charge is 0.255 e. The summed E-state index contributed by atoms with van der Waals surface area (Å²) in [5, 5.41) is 7.85. The summed E-state index contributed by atoms with van der Waals surface area (Å²) in [6.07, 6.45) is 0.871. The van der Waals surface area contributed by atoms with Crippen LogP contribution in [0.4, 0.5) is 11.4 Å². The average molecular weight is 476 g/mol. The number of fused-ring (bicyclic) bond motifs is 1. The van der Waals surface area contributed by atoms with Gasteiger partial charge in [0.2, 0.25) is 5.91 Å². The lowest BCUT2D eigenvalue weighted by molar-refractivity contribution is -0.123. The van der Waals surface area contributed by atoms with Gasteiger partial charge in [0.15, 0.2) is 0 Å². The maximum Gasteiger partial charge on any atom is 0.255 e. The Hall–Kier alpha value is -3.45. The number of carbonyl (C=O) groups is 3. The normalized spacial score (nSPS) is 13.2. The molecule has 2 heterocycles. The van der Waals surface area contributed by atoms with Crippen molar-refractivity contribution in [2.75, 3.05) is 17.2 Å². The molecule has 0 unspecified atom stereocenters. The predicted octanol–water partition coefficient (Wildman–Crippen LogP) is 5.49. The molecule has 0 aliphatic carbocycles. The minimum absolute atomic E-state index is 0.0302. The van der Waals surface area contributed by atoms with Crippen LogP contribution in [0.15, 0.2) is 53.9 Å². The zero-order valence-corrected chi connectivity index (χ0v) is 20.7. The van der Waals surface area contributed by atoms with Gasteiger partial charge in [-0.05, 0) is 66.2 Å². The Bertz CT molecular complexity index is 1260. The fourth-order valence-corrected chi connectivity index (χ4v) is 4.74. The second-order valence-corrected chi connectivity index (χ2v) is 10.6. The molecule has 0 fully saturated rings. The molecule has 176 valence electrons. The monoisotopic (exact) mass is 475 g/mol. The van der Waals surface area contributed by atoms with Crippen LogP contribution in [0, 0.1) is 12.3 Å². The van der Waals surface area contributed by atoms with Crippen LogP contribution in [-0.4, -0.2) is 29.2 Å². The molecule has 4 rings (SSSR count). The summed E-state index contributed by atoms with van der Waals surface area (Å²) in [7, 11) is 0. The van der Waals surface area contributed by atoms with Crippen molar-refractivity contribution in [3.05, 3.63) is 81.0 Å². The number of amides is 3. The summed E-state index contributed by atoms with van der Waals surface area (Å²) in [6.45, 7) is 8.65. The molecule has 0 atom stereocenters. The van der Waals surface area contributed by atoms with Crippen molar-refractivity contribution in [2.24, 2.45) is 5.41 Å². The van der Waals surface area contributed by atoms with E-state index in [-0.39, 0.29) is 17.7 Å². The Morgan fingerprint density at radius 2 is 1.76 bits per heavy atom. The summed E-state index contributed by atoms with van der Waals surface area (Å²) in [4.78, 5) is 41.7. The molecule has 0 radical (unpaired) electrons. The molecule has 1 aliphatic rings. The Balaban J connectivity index is 1.49. The van der Waals surface area contributed by atoms with Crippen LogP contribution in [0.1, 0.15) is 57.5 Å². The fourth-order valence-electron chi connectivity index (χ4n) is 3.85. The Labute approximate surface area is 204 Å². The van der Waals surface area contributed by atoms with Gasteiger partial charge in [-0.1, -0.05) is 32.9 Å². The molecule has 0 saturated carbocycles. The van der Waals surface area contributed by atoms with Gasteiger partial charge in [-0.2, -0.15) is 0 Å². The van der Waals surface area contributed by atoms with E-state index in [9.17, 15) is 14.4 Å². The van der Waals surface area contributed by atoms with Gasteiger partial charge in [0, 0.05) is 45.9 Å². The quantitative estimate of drug-likeness (QED) is 0.524. The van der Waals surface area contributed by atoms with Crippen LogP contribution in [-0.2, 0) is 17.8 Å². The number of nitrogens with one attached hydrogen (secondary N) is 2. The van der Waals surface area contributed by atoms with E-state index in [1.54, 1.807) is 53.8 Å². The van der Waals surface area contributed by atoms with Gasteiger partial charge in [0.05, 0.1) is 0 Å². The molecule has 0 bridgehead atoms. The first-order valence-electron chi connectivity index (χ1n) is 11.3. The fraction of sp³-hybridized carbons (Fsp3) is 0.296. The van der Waals surface area contributed by atoms with Crippen LogP contribution in [0.5, 0.6) is 0 Å². The van der Waals surface area contributed by atoms with Gasteiger partial charge >= 0.3 is 0 Å². The molecule has 34 heavy (non-hydrogen) atoms. The number of anilines is 2. The van der Waals surface area contributed by atoms with E-state index in [0.29, 0.717) is 35.6 Å². The van der Waals surface area contributed by atoms with E-state index in [4.69, 9.17) is 0 Å². The molecule has 0 spiro atoms. The molecule has 2 N–H and O–H groups in total. The van der Waals surface area contributed by atoms with Crippen LogP contribution in [0.2, 0.25) is 0 Å². The highest BCUT2D eigenvalue weighted by Gasteiger charge is 2.25. The minimum atomic E-state index is -0.540. The first-order valence-corrected chi connectivity index (χ1v) is 12.2. The van der Waals surface area contributed by atoms with Gasteiger partial charge in [0.1, 0.15) is 0 Å². The number of nitrogens with zero attached hydrogens (tertiary/aromatic N) is 1. The van der Waals surface area contributed by atoms with Gasteiger partial charge in [-0.25, -0.2) is 0 Å². The highest BCUT2D eigenvalue weighted by atomic mass is 32.1. The lowest BCUT2D eigenvalue weighted by Gasteiger charge is -2.28. The summed E-state index contributed by atoms with van der Waals surface area (Å²) >= 11 is 1.74. The van der Waals surface area contributed by atoms with Crippen LogP contribution < -0.4 is 10.6 Å². The van der Waals surface area contributed by atoms with Crippen molar-refractivity contribution in [1.82, 2.24) is 4.90 Å². The van der Waals surface area contributed by atoms with Crippen LogP contribution in [0.25, 0.3) is 0 Å². The molecular formula is C27H29N3O3S. The third-order valence-corrected chi connectivity index (χ3v) is 6.99. The van der Waals surface area contributed by atoms with Gasteiger partial charge in [-0.15, -0.1) is 11.3 Å². The second kappa shape index (κ2) is 9.43. The topological polar surface area (TPSA) is 78.5 Å². The summed E-state index contributed by atoms with van der Waals surface area (Å²) in [6, 6.07) is 14.3. The minimum Gasteiger partial charge on any atom is -0.334 e. The number of hydrogen-bond donors (Lipinski definition) is 2. The molecule has 7 heteroatoms. The molecular weight excluding hydrogens is 446 g/mol. The SMILES string of the molecule is Cc1c(NC(=O)c2cccc(NC(=O)C(C)(C)C)c2)cccc1C(=O)N1CCc2sccc2C1. The largest absolute Gasteiger partial charge is 0.334 e. The molecule has 1 aliphatic heterocycles. The number of thiophene rings is 1. The Morgan fingerprint density at radius 1 is 1.00 bits per heavy atom. The van der Waals surface area contributed by atoms with Crippen LogP contribution >= 0.6 is 11.3 Å². The second-order valence-electron chi connectivity index (χ2n) is 9.56. The van der Waals surface area contributed by atoms with E-state index in [2.05, 4.69) is 22.1 Å². The first kappa shape index (κ1) is 23.7.